The van der Waals surface area contributed by atoms with Crippen LogP contribution in [-0.2, 0) is 14.4 Å². The lowest BCUT2D eigenvalue weighted by atomic mass is 10.1. The second-order valence-corrected chi connectivity index (χ2v) is 5.09. The van der Waals surface area contributed by atoms with E-state index in [9.17, 15) is 9.59 Å². The van der Waals surface area contributed by atoms with Crippen LogP contribution in [-0.4, -0.2) is 18.4 Å². The molecule has 0 spiro atoms. The number of rotatable bonds is 8. The first-order valence-corrected chi connectivity index (χ1v) is 7.31. The third kappa shape index (κ3) is 6.40. The molecular weight excluding hydrogens is 268 g/mol. The molecule has 0 atom stereocenters. The SMILES string of the molecule is CCCCCC(=O)NOCC(=O)Nc1c(C)cccc1C. The third-order valence-electron chi connectivity index (χ3n) is 3.14. The normalized spacial score (nSPS) is 10.2. The molecule has 0 fully saturated rings. The fourth-order valence-electron chi connectivity index (χ4n) is 1.96. The first-order valence-electron chi connectivity index (χ1n) is 7.31. The van der Waals surface area contributed by atoms with E-state index in [-0.39, 0.29) is 18.4 Å². The highest BCUT2D eigenvalue weighted by Gasteiger charge is 2.08. The Bertz CT molecular complexity index is 466. The van der Waals surface area contributed by atoms with Crippen molar-refractivity contribution in [2.75, 3.05) is 11.9 Å². The van der Waals surface area contributed by atoms with Gasteiger partial charge in [0.25, 0.3) is 5.91 Å². The molecule has 0 saturated heterocycles. The summed E-state index contributed by atoms with van der Waals surface area (Å²) in [6.07, 6.45) is 3.33. The van der Waals surface area contributed by atoms with E-state index >= 15 is 0 Å². The minimum Gasteiger partial charge on any atom is -0.324 e. The number of benzene rings is 1. The molecule has 0 aliphatic carbocycles. The molecule has 5 nitrogen and oxygen atoms in total. The summed E-state index contributed by atoms with van der Waals surface area (Å²) in [5, 5.41) is 2.79. The zero-order valence-electron chi connectivity index (χ0n) is 13.0. The van der Waals surface area contributed by atoms with Crippen LogP contribution in [0.5, 0.6) is 0 Å². The average Bonchev–Trinajstić information content (AvgIpc) is 2.43. The summed E-state index contributed by atoms with van der Waals surface area (Å²) < 4.78 is 0. The van der Waals surface area contributed by atoms with Gasteiger partial charge in [-0.05, 0) is 31.4 Å². The van der Waals surface area contributed by atoms with Crippen molar-refractivity contribution in [2.24, 2.45) is 0 Å². The smallest absolute Gasteiger partial charge is 0.253 e. The van der Waals surface area contributed by atoms with Crippen molar-refractivity contribution in [1.29, 1.82) is 0 Å². The first kappa shape index (κ1) is 17.2. The zero-order valence-corrected chi connectivity index (χ0v) is 13.0. The molecule has 0 saturated carbocycles. The quantitative estimate of drug-likeness (QED) is 0.572. The fourth-order valence-corrected chi connectivity index (χ4v) is 1.96. The predicted octanol–water partition coefficient (Wildman–Crippen LogP) is 2.87. The summed E-state index contributed by atoms with van der Waals surface area (Å²) in [7, 11) is 0. The summed E-state index contributed by atoms with van der Waals surface area (Å²) in [6.45, 7) is 5.73. The van der Waals surface area contributed by atoms with Crippen molar-refractivity contribution in [3.05, 3.63) is 29.3 Å². The Balaban J connectivity index is 2.30. The molecule has 0 aliphatic rings. The summed E-state index contributed by atoms with van der Waals surface area (Å²) >= 11 is 0. The number of para-hydroxylation sites is 1. The van der Waals surface area contributed by atoms with Crippen LogP contribution in [0.2, 0.25) is 0 Å². The van der Waals surface area contributed by atoms with Crippen LogP contribution in [0.4, 0.5) is 5.69 Å². The molecule has 5 heteroatoms. The predicted molar refractivity (Wildman–Crippen MR) is 82.8 cm³/mol. The van der Waals surface area contributed by atoms with E-state index in [0.717, 1.165) is 36.1 Å². The maximum Gasteiger partial charge on any atom is 0.253 e. The molecule has 116 valence electrons. The molecule has 0 unspecified atom stereocenters. The Hall–Kier alpha value is -1.88. The largest absolute Gasteiger partial charge is 0.324 e. The molecule has 0 radical (unpaired) electrons. The average molecular weight is 292 g/mol. The number of hydrogen-bond donors (Lipinski definition) is 2. The van der Waals surface area contributed by atoms with Gasteiger partial charge in [-0.15, -0.1) is 0 Å². The maximum atomic E-state index is 11.8. The Kier molecular flexibility index (Phi) is 7.46. The third-order valence-corrected chi connectivity index (χ3v) is 3.14. The van der Waals surface area contributed by atoms with Crippen LogP contribution < -0.4 is 10.8 Å². The van der Waals surface area contributed by atoms with Gasteiger partial charge in [-0.2, -0.15) is 0 Å². The fraction of sp³-hybridized carbons (Fsp3) is 0.500. The van der Waals surface area contributed by atoms with Crippen molar-refractivity contribution in [1.82, 2.24) is 5.48 Å². The summed E-state index contributed by atoms with van der Waals surface area (Å²) in [6, 6.07) is 5.80. The Morgan fingerprint density at radius 3 is 2.38 bits per heavy atom. The van der Waals surface area contributed by atoms with Crippen LogP contribution in [0, 0.1) is 13.8 Å². The van der Waals surface area contributed by atoms with E-state index in [0.29, 0.717) is 6.42 Å². The highest BCUT2D eigenvalue weighted by molar-refractivity contribution is 5.93. The molecule has 1 aromatic rings. The van der Waals surface area contributed by atoms with Crippen LogP contribution >= 0.6 is 0 Å². The molecule has 1 rings (SSSR count). The zero-order chi connectivity index (χ0) is 15.7. The molecular formula is C16H24N2O3. The van der Waals surface area contributed by atoms with E-state index in [1.165, 1.54) is 0 Å². The van der Waals surface area contributed by atoms with Crippen molar-refractivity contribution in [2.45, 2.75) is 46.5 Å². The van der Waals surface area contributed by atoms with Gasteiger partial charge in [0.15, 0.2) is 6.61 Å². The second kappa shape index (κ2) is 9.13. The van der Waals surface area contributed by atoms with Gasteiger partial charge in [-0.3, -0.25) is 14.4 Å². The molecule has 21 heavy (non-hydrogen) atoms. The molecule has 0 heterocycles. The van der Waals surface area contributed by atoms with E-state index in [2.05, 4.69) is 17.7 Å². The van der Waals surface area contributed by atoms with Gasteiger partial charge in [0.2, 0.25) is 5.91 Å². The second-order valence-electron chi connectivity index (χ2n) is 5.09. The molecule has 1 aromatic carbocycles. The molecule has 2 N–H and O–H groups in total. The van der Waals surface area contributed by atoms with Crippen molar-refractivity contribution in [3.8, 4) is 0 Å². The minimum absolute atomic E-state index is 0.191. The number of nitrogens with one attached hydrogen (secondary N) is 2. The van der Waals surface area contributed by atoms with Gasteiger partial charge < -0.3 is 5.32 Å². The van der Waals surface area contributed by atoms with Gasteiger partial charge in [0.05, 0.1) is 0 Å². The number of amides is 2. The number of hydroxylamine groups is 1. The number of unbranched alkanes of at least 4 members (excludes halogenated alkanes) is 2. The lowest BCUT2D eigenvalue weighted by Crippen LogP contribution is -2.29. The summed E-state index contributed by atoms with van der Waals surface area (Å²) in [5.74, 6) is -0.482. The van der Waals surface area contributed by atoms with Gasteiger partial charge >= 0.3 is 0 Å². The van der Waals surface area contributed by atoms with Crippen molar-refractivity contribution in [3.63, 3.8) is 0 Å². The first-order chi connectivity index (χ1) is 10.0. The lowest BCUT2D eigenvalue weighted by molar-refractivity contribution is -0.137. The number of hydrogen-bond acceptors (Lipinski definition) is 3. The van der Waals surface area contributed by atoms with Gasteiger partial charge in [-0.25, -0.2) is 5.48 Å². The number of carbonyl (C=O) groups excluding carboxylic acids is 2. The summed E-state index contributed by atoms with van der Waals surface area (Å²) in [4.78, 5) is 28.1. The topological polar surface area (TPSA) is 67.4 Å². The van der Waals surface area contributed by atoms with Gasteiger partial charge in [-0.1, -0.05) is 38.0 Å². The van der Waals surface area contributed by atoms with Crippen molar-refractivity contribution < 1.29 is 14.4 Å². The molecule has 2 amide bonds. The summed E-state index contributed by atoms with van der Waals surface area (Å²) in [5.41, 5.74) is 5.06. The van der Waals surface area contributed by atoms with E-state index in [1.54, 1.807) is 0 Å². The molecule has 0 aromatic heterocycles. The van der Waals surface area contributed by atoms with E-state index < -0.39 is 0 Å². The molecule has 0 bridgehead atoms. The van der Waals surface area contributed by atoms with Gasteiger partial charge in [0, 0.05) is 12.1 Å². The monoisotopic (exact) mass is 292 g/mol. The highest BCUT2D eigenvalue weighted by Crippen LogP contribution is 2.19. The van der Waals surface area contributed by atoms with Crippen LogP contribution in [0.1, 0.15) is 43.7 Å². The lowest BCUT2D eigenvalue weighted by Gasteiger charge is -2.11. The van der Waals surface area contributed by atoms with Gasteiger partial charge in [0.1, 0.15) is 0 Å². The minimum atomic E-state index is -0.291. The van der Waals surface area contributed by atoms with Crippen LogP contribution in [0.3, 0.4) is 0 Å². The van der Waals surface area contributed by atoms with E-state index in [1.807, 2.05) is 32.0 Å². The van der Waals surface area contributed by atoms with Crippen LogP contribution in [0.15, 0.2) is 18.2 Å². The van der Waals surface area contributed by atoms with E-state index in [4.69, 9.17) is 4.84 Å². The standard InChI is InChI=1S/C16H24N2O3/c1-4-5-6-10-14(19)18-21-11-15(20)17-16-12(2)8-7-9-13(16)3/h7-9H,4-6,10-11H2,1-3H3,(H,17,20)(H,18,19). The Morgan fingerprint density at radius 1 is 1.10 bits per heavy atom. The van der Waals surface area contributed by atoms with Crippen LogP contribution in [0.25, 0.3) is 0 Å². The molecule has 0 aliphatic heterocycles. The maximum absolute atomic E-state index is 11.8. The highest BCUT2D eigenvalue weighted by atomic mass is 16.7. The number of carbonyl (C=O) groups is 2. The number of aryl methyl sites for hydroxylation is 2. The number of anilines is 1. The Labute approximate surface area is 126 Å². The Morgan fingerprint density at radius 2 is 1.76 bits per heavy atom. The van der Waals surface area contributed by atoms with Crippen molar-refractivity contribution >= 4 is 17.5 Å².